The highest BCUT2D eigenvalue weighted by Crippen LogP contribution is 2.10. The average Bonchev–Trinajstić information content (AvgIpc) is 2.30. The van der Waals surface area contributed by atoms with Gasteiger partial charge in [0.15, 0.2) is 0 Å². The van der Waals surface area contributed by atoms with E-state index < -0.39 is 0 Å². The van der Waals surface area contributed by atoms with Gasteiger partial charge >= 0.3 is 0 Å². The lowest BCUT2D eigenvalue weighted by molar-refractivity contribution is 0.0861. The van der Waals surface area contributed by atoms with Crippen LogP contribution in [0.2, 0.25) is 0 Å². The van der Waals surface area contributed by atoms with Crippen LogP contribution < -0.4 is 5.32 Å². The molecule has 1 aliphatic heterocycles. The van der Waals surface area contributed by atoms with Crippen molar-refractivity contribution >= 4 is 0 Å². The highest BCUT2D eigenvalue weighted by molar-refractivity contribution is 4.84. The Hall–Kier alpha value is -0.540. The standard InChI is InChI=1S/C13H25NO2/c1-4-15-10-13(11(2)3)14-9-12-7-5-6-8-16-12/h6,8,11-14H,4-5,7,9-10H2,1-3H3. The molecule has 2 atom stereocenters. The molecule has 0 amide bonds. The predicted octanol–water partition coefficient (Wildman–Crippen LogP) is 2.33. The van der Waals surface area contributed by atoms with Crippen molar-refractivity contribution in [3.8, 4) is 0 Å². The van der Waals surface area contributed by atoms with Crippen LogP contribution in [0.4, 0.5) is 0 Å². The van der Waals surface area contributed by atoms with E-state index in [1.54, 1.807) is 0 Å². The monoisotopic (exact) mass is 227 g/mol. The lowest BCUT2D eigenvalue weighted by Crippen LogP contribution is -2.42. The Bertz CT molecular complexity index is 204. The van der Waals surface area contributed by atoms with Crippen molar-refractivity contribution in [3.63, 3.8) is 0 Å². The van der Waals surface area contributed by atoms with E-state index in [0.717, 1.165) is 32.6 Å². The quantitative estimate of drug-likeness (QED) is 0.724. The fourth-order valence-electron chi connectivity index (χ4n) is 1.75. The Morgan fingerprint density at radius 2 is 2.31 bits per heavy atom. The molecule has 16 heavy (non-hydrogen) atoms. The molecule has 1 aliphatic rings. The summed E-state index contributed by atoms with van der Waals surface area (Å²) in [6.07, 6.45) is 6.47. The molecule has 1 rings (SSSR count). The maximum absolute atomic E-state index is 5.53. The van der Waals surface area contributed by atoms with Crippen molar-refractivity contribution in [1.29, 1.82) is 0 Å². The molecule has 0 aliphatic carbocycles. The first-order chi connectivity index (χ1) is 7.74. The third-order valence-corrected chi connectivity index (χ3v) is 2.94. The van der Waals surface area contributed by atoms with Crippen molar-refractivity contribution in [3.05, 3.63) is 12.3 Å². The summed E-state index contributed by atoms with van der Waals surface area (Å²) in [6.45, 7) is 8.97. The van der Waals surface area contributed by atoms with Crippen LogP contribution in [0, 0.1) is 5.92 Å². The second kappa shape index (κ2) is 7.69. The van der Waals surface area contributed by atoms with Crippen molar-refractivity contribution in [2.45, 2.75) is 45.8 Å². The first kappa shape index (κ1) is 13.5. The number of hydrogen-bond donors (Lipinski definition) is 1. The van der Waals surface area contributed by atoms with Gasteiger partial charge in [0.05, 0.1) is 12.9 Å². The summed E-state index contributed by atoms with van der Waals surface area (Å²) in [5.74, 6) is 0.589. The van der Waals surface area contributed by atoms with Crippen molar-refractivity contribution < 1.29 is 9.47 Å². The fourth-order valence-corrected chi connectivity index (χ4v) is 1.75. The van der Waals surface area contributed by atoms with E-state index >= 15 is 0 Å². The number of ether oxygens (including phenoxy) is 2. The van der Waals surface area contributed by atoms with E-state index in [9.17, 15) is 0 Å². The summed E-state index contributed by atoms with van der Waals surface area (Å²) < 4.78 is 11.0. The summed E-state index contributed by atoms with van der Waals surface area (Å²) >= 11 is 0. The van der Waals surface area contributed by atoms with Crippen LogP contribution >= 0.6 is 0 Å². The van der Waals surface area contributed by atoms with Gasteiger partial charge in [-0.2, -0.15) is 0 Å². The highest BCUT2D eigenvalue weighted by Gasteiger charge is 2.16. The van der Waals surface area contributed by atoms with E-state index in [1.165, 1.54) is 0 Å². The minimum atomic E-state index is 0.327. The van der Waals surface area contributed by atoms with Gasteiger partial charge in [0, 0.05) is 19.2 Å². The fraction of sp³-hybridized carbons (Fsp3) is 0.846. The molecule has 3 heteroatoms. The predicted molar refractivity (Wildman–Crippen MR) is 66.4 cm³/mol. The molecule has 0 aromatic carbocycles. The molecular formula is C13H25NO2. The van der Waals surface area contributed by atoms with Crippen LogP contribution in [0.25, 0.3) is 0 Å². The van der Waals surface area contributed by atoms with Gasteiger partial charge < -0.3 is 14.8 Å². The first-order valence-electron chi connectivity index (χ1n) is 6.35. The molecule has 0 fully saturated rings. The van der Waals surface area contributed by atoms with Gasteiger partial charge in [-0.1, -0.05) is 13.8 Å². The first-order valence-corrected chi connectivity index (χ1v) is 6.35. The maximum atomic E-state index is 5.53. The zero-order valence-electron chi connectivity index (χ0n) is 10.7. The molecular weight excluding hydrogens is 202 g/mol. The van der Waals surface area contributed by atoms with Gasteiger partial charge in [0.2, 0.25) is 0 Å². The molecule has 0 spiro atoms. The Kier molecular flexibility index (Phi) is 6.50. The minimum absolute atomic E-state index is 0.327. The Morgan fingerprint density at radius 3 is 2.88 bits per heavy atom. The molecule has 3 nitrogen and oxygen atoms in total. The topological polar surface area (TPSA) is 30.5 Å². The highest BCUT2D eigenvalue weighted by atomic mass is 16.5. The van der Waals surface area contributed by atoms with Crippen LogP contribution in [0.5, 0.6) is 0 Å². The Labute approximate surface area is 99.2 Å². The lowest BCUT2D eigenvalue weighted by Gasteiger charge is -2.26. The third kappa shape index (κ3) is 4.99. The molecule has 0 bridgehead atoms. The summed E-state index contributed by atoms with van der Waals surface area (Å²) in [4.78, 5) is 0. The largest absolute Gasteiger partial charge is 0.497 e. The van der Waals surface area contributed by atoms with Gasteiger partial charge in [0.25, 0.3) is 0 Å². The van der Waals surface area contributed by atoms with Gasteiger partial charge in [-0.3, -0.25) is 0 Å². The molecule has 0 aromatic rings. The van der Waals surface area contributed by atoms with Crippen LogP contribution in [0.15, 0.2) is 12.3 Å². The van der Waals surface area contributed by atoms with Crippen LogP contribution in [-0.2, 0) is 9.47 Å². The SMILES string of the molecule is CCOCC(NCC1CCC=CO1)C(C)C. The number of rotatable bonds is 7. The maximum Gasteiger partial charge on any atom is 0.110 e. The second-order valence-corrected chi connectivity index (χ2v) is 4.63. The van der Waals surface area contributed by atoms with E-state index in [4.69, 9.17) is 9.47 Å². The van der Waals surface area contributed by atoms with Crippen molar-refractivity contribution in [1.82, 2.24) is 5.32 Å². The summed E-state index contributed by atoms with van der Waals surface area (Å²) in [5.41, 5.74) is 0. The zero-order valence-corrected chi connectivity index (χ0v) is 10.7. The van der Waals surface area contributed by atoms with E-state index in [-0.39, 0.29) is 0 Å². The smallest absolute Gasteiger partial charge is 0.110 e. The number of allylic oxidation sites excluding steroid dienone is 1. The normalized spacial score (nSPS) is 22.1. The molecule has 94 valence electrons. The van der Waals surface area contributed by atoms with E-state index in [1.807, 2.05) is 13.2 Å². The van der Waals surface area contributed by atoms with Crippen LogP contribution in [-0.4, -0.2) is 31.9 Å². The van der Waals surface area contributed by atoms with Crippen molar-refractivity contribution in [2.75, 3.05) is 19.8 Å². The Morgan fingerprint density at radius 1 is 1.50 bits per heavy atom. The van der Waals surface area contributed by atoms with E-state index in [2.05, 4.69) is 25.2 Å². The van der Waals surface area contributed by atoms with Gasteiger partial charge in [0.1, 0.15) is 6.10 Å². The second-order valence-electron chi connectivity index (χ2n) is 4.63. The molecule has 1 N–H and O–H groups in total. The molecule has 2 unspecified atom stereocenters. The summed E-state index contributed by atoms with van der Waals surface area (Å²) in [6, 6.07) is 0.425. The van der Waals surface area contributed by atoms with Gasteiger partial charge in [-0.05, 0) is 31.8 Å². The van der Waals surface area contributed by atoms with E-state index in [0.29, 0.717) is 18.1 Å². The van der Waals surface area contributed by atoms with Gasteiger partial charge in [-0.15, -0.1) is 0 Å². The number of nitrogens with one attached hydrogen (secondary N) is 1. The molecule has 0 saturated carbocycles. The summed E-state index contributed by atoms with van der Waals surface area (Å²) in [5, 5.41) is 3.54. The van der Waals surface area contributed by atoms with Crippen molar-refractivity contribution in [2.24, 2.45) is 5.92 Å². The molecule has 0 radical (unpaired) electrons. The lowest BCUT2D eigenvalue weighted by atomic mass is 10.0. The average molecular weight is 227 g/mol. The zero-order chi connectivity index (χ0) is 11.8. The number of hydrogen-bond acceptors (Lipinski definition) is 3. The molecule has 1 heterocycles. The molecule has 0 aromatic heterocycles. The third-order valence-electron chi connectivity index (χ3n) is 2.94. The summed E-state index contributed by atoms with van der Waals surface area (Å²) in [7, 11) is 0. The van der Waals surface area contributed by atoms with Crippen LogP contribution in [0.1, 0.15) is 33.6 Å². The minimum Gasteiger partial charge on any atom is -0.497 e. The van der Waals surface area contributed by atoms with Gasteiger partial charge in [-0.25, -0.2) is 0 Å². The molecule has 0 saturated heterocycles. The Balaban J connectivity index is 2.22. The van der Waals surface area contributed by atoms with Crippen LogP contribution in [0.3, 0.4) is 0 Å².